The van der Waals surface area contributed by atoms with E-state index < -0.39 is 0 Å². The van der Waals surface area contributed by atoms with E-state index in [1.54, 1.807) is 4.40 Å². The monoisotopic (exact) mass is 174 g/mol. The lowest BCUT2D eigenvalue weighted by molar-refractivity contribution is 0.448. The number of imidazole rings is 1. The van der Waals surface area contributed by atoms with E-state index in [9.17, 15) is 5.11 Å². The van der Waals surface area contributed by atoms with Crippen molar-refractivity contribution in [2.75, 3.05) is 0 Å². The smallest absolute Gasteiger partial charge is 0.215 e. The highest BCUT2D eigenvalue weighted by Gasteiger charge is 2.26. The zero-order chi connectivity index (χ0) is 8.84. The molecule has 0 spiro atoms. The number of aromatic nitrogens is 2. The Balaban J connectivity index is 2.33. The van der Waals surface area contributed by atoms with Crippen molar-refractivity contribution < 1.29 is 5.11 Å². The maximum Gasteiger partial charge on any atom is 0.215 e. The lowest BCUT2D eigenvalue weighted by Gasteiger charge is -2.00. The Bertz CT molecular complexity index is 457. The van der Waals surface area contributed by atoms with Gasteiger partial charge in [0.15, 0.2) is 0 Å². The van der Waals surface area contributed by atoms with Gasteiger partial charge < -0.3 is 5.11 Å². The first-order chi connectivity index (χ1) is 6.36. The molecule has 1 fully saturated rings. The van der Waals surface area contributed by atoms with Crippen LogP contribution in [0.3, 0.4) is 0 Å². The minimum absolute atomic E-state index is 0.220. The first-order valence-electron chi connectivity index (χ1n) is 4.51. The molecular weight excluding hydrogens is 164 g/mol. The Labute approximate surface area is 75.7 Å². The molecule has 0 bridgehead atoms. The standard InChI is InChI=1S/C10H10N2O/c13-9-6-11-10-8(7-3-4-7)2-1-5-12(9)10/h1-2,5-7,13H,3-4H2. The van der Waals surface area contributed by atoms with Crippen molar-refractivity contribution >= 4 is 5.65 Å². The van der Waals surface area contributed by atoms with Crippen LogP contribution in [-0.2, 0) is 0 Å². The van der Waals surface area contributed by atoms with Gasteiger partial charge in [-0.3, -0.25) is 4.40 Å². The topological polar surface area (TPSA) is 37.5 Å². The van der Waals surface area contributed by atoms with Gasteiger partial charge >= 0.3 is 0 Å². The molecule has 1 N–H and O–H groups in total. The molecule has 0 aromatic carbocycles. The highest BCUT2D eigenvalue weighted by Crippen LogP contribution is 2.41. The van der Waals surface area contributed by atoms with Crippen molar-refractivity contribution in [3.63, 3.8) is 0 Å². The van der Waals surface area contributed by atoms with E-state index in [2.05, 4.69) is 11.1 Å². The molecule has 66 valence electrons. The van der Waals surface area contributed by atoms with Gasteiger partial charge in [-0.1, -0.05) is 6.07 Å². The predicted octanol–water partition coefficient (Wildman–Crippen LogP) is 1.92. The molecule has 13 heavy (non-hydrogen) atoms. The van der Waals surface area contributed by atoms with Gasteiger partial charge in [0.05, 0.1) is 6.20 Å². The molecule has 2 heterocycles. The van der Waals surface area contributed by atoms with Crippen LogP contribution in [0.15, 0.2) is 24.5 Å². The normalized spacial score (nSPS) is 16.6. The number of hydrogen-bond donors (Lipinski definition) is 1. The molecule has 3 heteroatoms. The molecule has 2 aromatic heterocycles. The summed E-state index contributed by atoms with van der Waals surface area (Å²) in [5, 5.41) is 9.44. The average Bonchev–Trinajstić information content (AvgIpc) is 2.92. The van der Waals surface area contributed by atoms with Crippen molar-refractivity contribution in [3.05, 3.63) is 30.1 Å². The predicted molar refractivity (Wildman–Crippen MR) is 48.8 cm³/mol. The molecule has 0 aliphatic heterocycles. The van der Waals surface area contributed by atoms with Crippen LogP contribution in [-0.4, -0.2) is 14.5 Å². The van der Waals surface area contributed by atoms with Crippen molar-refractivity contribution in [2.24, 2.45) is 0 Å². The Morgan fingerprint density at radius 1 is 1.46 bits per heavy atom. The molecule has 0 saturated heterocycles. The maximum absolute atomic E-state index is 9.44. The van der Waals surface area contributed by atoms with Gasteiger partial charge in [0.2, 0.25) is 5.88 Å². The van der Waals surface area contributed by atoms with E-state index in [-0.39, 0.29) is 5.88 Å². The number of aromatic hydroxyl groups is 1. The molecule has 1 aliphatic rings. The summed E-state index contributed by atoms with van der Waals surface area (Å²) in [4.78, 5) is 4.19. The zero-order valence-corrected chi connectivity index (χ0v) is 7.14. The number of nitrogens with zero attached hydrogens (tertiary/aromatic N) is 2. The molecule has 1 saturated carbocycles. The highest BCUT2D eigenvalue weighted by atomic mass is 16.3. The Morgan fingerprint density at radius 3 is 3.08 bits per heavy atom. The van der Waals surface area contributed by atoms with Crippen molar-refractivity contribution in [3.8, 4) is 5.88 Å². The van der Waals surface area contributed by atoms with Crippen LogP contribution >= 0.6 is 0 Å². The van der Waals surface area contributed by atoms with E-state index in [4.69, 9.17) is 0 Å². The zero-order valence-electron chi connectivity index (χ0n) is 7.14. The van der Waals surface area contributed by atoms with Gasteiger partial charge in [-0.05, 0) is 30.4 Å². The summed E-state index contributed by atoms with van der Waals surface area (Å²) in [6.45, 7) is 0. The van der Waals surface area contributed by atoms with Crippen molar-refractivity contribution in [1.29, 1.82) is 0 Å². The molecule has 1 aliphatic carbocycles. The minimum atomic E-state index is 0.220. The summed E-state index contributed by atoms with van der Waals surface area (Å²) in [6.07, 6.45) is 5.85. The molecule has 3 nitrogen and oxygen atoms in total. The van der Waals surface area contributed by atoms with Gasteiger partial charge in [0, 0.05) is 6.20 Å². The van der Waals surface area contributed by atoms with E-state index >= 15 is 0 Å². The molecule has 0 amide bonds. The van der Waals surface area contributed by atoms with Crippen molar-refractivity contribution in [1.82, 2.24) is 9.38 Å². The third kappa shape index (κ3) is 0.932. The quantitative estimate of drug-likeness (QED) is 0.717. The highest BCUT2D eigenvalue weighted by molar-refractivity contribution is 5.53. The van der Waals surface area contributed by atoms with Gasteiger partial charge in [0.1, 0.15) is 5.65 Å². The molecular formula is C10H10N2O. The fraction of sp³-hybridized carbons (Fsp3) is 0.300. The Hall–Kier alpha value is -1.51. The number of pyridine rings is 1. The number of rotatable bonds is 1. The molecule has 3 rings (SSSR count). The van der Waals surface area contributed by atoms with Crippen LogP contribution in [0, 0.1) is 0 Å². The van der Waals surface area contributed by atoms with Gasteiger partial charge in [-0.2, -0.15) is 0 Å². The fourth-order valence-corrected chi connectivity index (χ4v) is 1.73. The van der Waals surface area contributed by atoms with Crippen molar-refractivity contribution in [2.45, 2.75) is 18.8 Å². The first-order valence-corrected chi connectivity index (χ1v) is 4.51. The summed E-state index contributed by atoms with van der Waals surface area (Å²) in [6, 6.07) is 4.06. The van der Waals surface area contributed by atoms with E-state index in [1.807, 2.05) is 12.3 Å². The second-order valence-corrected chi connectivity index (χ2v) is 3.55. The number of hydrogen-bond acceptors (Lipinski definition) is 2. The van der Waals surface area contributed by atoms with E-state index in [0.717, 1.165) is 5.65 Å². The molecule has 2 aromatic rings. The average molecular weight is 174 g/mol. The second kappa shape index (κ2) is 2.25. The largest absolute Gasteiger partial charge is 0.493 e. The van der Waals surface area contributed by atoms with Crippen LogP contribution in [0.5, 0.6) is 5.88 Å². The van der Waals surface area contributed by atoms with E-state index in [0.29, 0.717) is 5.92 Å². The van der Waals surface area contributed by atoms with Gasteiger partial charge in [0.25, 0.3) is 0 Å². The second-order valence-electron chi connectivity index (χ2n) is 3.55. The summed E-state index contributed by atoms with van der Waals surface area (Å²) in [7, 11) is 0. The van der Waals surface area contributed by atoms with Crippen LogP contribution < -0.4 is 0 Å². The minimum Gasteiger partial charge on any atom is -0.493 e. The lowest BCUT2D eigenvalue weighted by atomic mass is 10.2. The van der Waals surface area contributed by atoms with Crippen LogP contribution in [0.25, 0.3) is 5.65 Å². The first kappa shape index (κ1) is 6.95. The van der Waals surface area contributed by atoms with Crippen LogP contribution in [0.1, 0.15) is 24.3 Å². The van der Waals surface area contributed by atoms with Gasteiger partial charge in [-0.25, -0.2) is 4.98 Å². The summed E-state index contributed by atoms with van der Waals surface area (Å²) < 4.78 is 1.73. The fourth-order valence-electron chi connectivity index (χ4n) is 1.73. The Kier molecular flexibility index (Phi) is 1.20. The maximum atomic E-state index is 9.44. The Morgan fingerprint density at radius 2 is 2.31 bits per heavy atom. The summed E-state index contributed by atoms with van der Waals surface area (Å²) in [5.41, 5.74) is 2.17. The van der Waals surface area contributed by atoms with Crippen LogP contribution in [0.4, 0.5) is 0 Å². The molecule has 0 atom stereocenters. The number of fused-ring (bicyclic) bond motifs is 1. The van der Waals surface area contributed by atoms with Crippen LogP contribution in [0.2, 0.25) is 0 Å². The third-order valence-corrected chi connectivity index (χ3v) is 2.56. The lowest BCUT2D eigenvalue weighted by Crippen LogP contribution is -1.89. The molecule has 0 radical (unpaired) electrons. The van der Waals surface area contributed by atoms with Gasteiger partial charge in [-0.15, -0.1) is 0 Å². The molecule has 0 unspecified atom stereocenters. The SMILES string of the molecule is Oc1cnc2c(C3CC3)cccn12. The summed E-state index contributed by atoms with van der Waals surface area (Å²) >= 11 is 0. The third-order valence-electron chi connectivity index (χ3n) is 2.56. The van der Waals surface area contributed by atoms with E-state index in [1.165, 1.54) is 24.6 Å². The summed E-state index contributed by atoms with van der Waals surface area (Å²) in [5.74, 6) is 0.892.